The van der Waals surface area contributed by atoms with Gasteiger partial charge in [0.2, 0.25) is 0 Å². The maximum Gasteiger partial charge on any atom is 0.278 e. The lowest BCUT2D eigenvalue weighted by atomic mass is 10.0. The second-order valence-corrected chi connectivity index (χ2v) is 7.11. The van der Waals surface area contributed by atoms with Crippen molar-refractivity contribution in [2.45, 2.75) is 0 Å². The van der Waals surface area contributed by atoms with Crippen LogP contribution in [-0.2, 0) is 0 Å². The van der Waals surface area contributed by atoms with E-state index in [1.54, 1.807) is 6.07 Å². The van der Waals surface area contributed by atoms with Crippen LogP contribution in [0.1, 0.15) is 10.5 Å². The fourth-order valence-electron chi connectivity index (χ4n) is 2.70. The van der Waals surface area contributed by atoms with Crippen molar-refractivity contribution < 1.29 is 9.90 Å². The molecule has 0 saturated carbocycles. The molecule has 2 N–H and O–H groups in total. The number of anilines is 1. The van der Waals surface area contributed by atoms with Gasteiger partial charge in [-0.2, -0.15) is 0 Å². The molecule has 0 spiro atoms. The Morgan fingerprint density at radius 1 is 1.04 bits per heavy atom. The number of benzene rings is 2. The summed E-state index contributed by atoms with van der Waals surface area (Å²) in [6.07, 6.45) is 1.46. The number of thiazole rings is 1. The Balaban J connectivity index is 1.87. The van der Waals surface area contributed by atoms with Gasteiger partial charge in [0, 0.05) is 16.3 Å². The van der Waals surface area contributed by atoms with Crippen molar-refractivity contribution in [2.75, 3.05) is 5.32 Å². The molecule has 4 rings (SSSR count). The van der Waals surface area contributed by atoms with E-state index < -0.39 is 5.91 Å². The van der Waals surface area contributed by atoms with E-state index in [2.05, 4.69) is 15.3 Å². The molecule has 26 heavy (non-hydrogen) atoms. The highest BCUT2D eigenvalue weighted by Crippen LogP contribution is 2.35. The number of pyridine rings is 1. The van der Waals surface area contributed by atoms with Crippen LogP contribution in [0.2, 0.25) is 4.47 Å². The lowest BCUT2D eigenvalue weighted by molar-refractivity contribution is 0.102. The number of nitrogens with one attached hydrogen (secondary N) is 1. The predicted molar refractivity (Wildman–Crippen MR) is 104 cm³/mol. The summed E-state index contributed by atoms with van der Waals surface area (Å²) >= 11 is 6.93. The zero-order valence-corrected chi connectivity index (χ0v) is 14.9. The molecule has 1 amide bonds. The van der Waals surface area contributed by atoms with Crippen LogP contribution in [0.15, 0.2) is 60.8 Å². The van der Waals surface area contributed by atoms with Crippen molar-refractivity contribution in [3.8, 4) is 17.0 Å². The molecule has 2 aromatic carbocycles. The largest absolute Gasteiger partial charge is 0.505 e. The topological polar surface area (TPSA) is 75.1 Å². The number of carbonyl (C=O) groups excluding carboxylic acids is 1. The monoisotopic (exact) mass is 381 g/mol. The van der Waals surface area contributed by atoms with Crippen molar-refractivity contribution in [1.29, 1.82) is 0 Å². The maximum absolute atomic E-state index is 12.7. The van der Waals surface area contributed by atoms with Crippen LogP contribution in [0.4, 0.5) is 5.00 Å². The predicted octanol–water partition coefficient (Wildman–Crippen LogP) is 4.97. The molecule has 2 aromatic heterocycles. The fraction of sp³-hybridized carbons (Fsp3) is 0. The first-order valence-electron chi connectivity index (χ1n) is 7.73. The Hall–Kier alpha value is -2.96. The van der Waals surface area contributed by atoms with E-state index >= 15 is 0 Å². The second-order valence-electron chi connectivity index (χ2n) is 5.50. The van der Waals surface area contributed by atoms with Crippen LogP contribution in [0.3, 0.4) is 0 Å². The van der Waals surface area contributed by atoms with E-state index in [1.807, 2.05) is 48.5 Å². The Kier molecular flexibility index (Phi) is 4.28. The first kappa shape index (κ1) is 16.5. The van der Waals surface area contributed by atoms with E-state index in [4.69, 9.17) is 11.6 Å². The van der Waals surface area contributed by atoms with Crippen LogP contribution in [0.25, 0.3) is 22.0 Å². The van der Waals surface area contributed by atoms with Crippen LogP contribution >= 0.6 is 22.9 Å². The molecule has 0 atom stereocenters. The Labute approximate surface area is 157 Å². The van der Waals surface area contributed by atoms with Gasteiger partial charge in [-0.25, -0.2) is 9.97 Å². The van der Waals surface area contributed by atoms with Gasteiger partial charge < -0.3 is 10.4 Å². The molecule has 0 bridgehead atoms. The summed E-state index contributed by atoms with van der Waals surface area (Å²) in [5.41, 5.74) is 1.44. The van der Waals surface area contributed by atoms with Crippen LogP contribution < -0.4 is 5.32 Å². The number of carbonyl (C=O) groups is 1. The molecule has 0 unspecified atom stereocenters. The molecular weight excluding hydrogens is 370 g/mol. The van der Waals surface area contributed by atoms with Crippen LogP contribution in [-0.4, -0.2) is 21.0 Å². The molecule has 2 heterocycles. The van der Waals surface area contributed by atoms with Gasteiger partial charge in [-0.15, -0.1) is 0 Å². The van der Waals surface area contributed by atoms with Gasteiger partial charge in [-0.1, -0.05) is 77.5 Å². The van der Waals surface area contributed by atoms with Gasteiger partial charge in [-0.05, 0) is 0 Å². The first-order valence-corrected chi connectivity index (χ1v) is 8.93. The van der Waals surface area contributed by atoms with E-state index in [0.29, 0.717) is 20.5 Å². The number of hydrogen-bond donors (Lipinski definition) is 2. The smallest absolute Gasteiger partial charge is 0.278 e. The van der Waals surface area contributed by atoms with E-state index in [0.717, 1.165) is 22.3 Å². The number of amides is 1. The zero-order chi connectivity index (χ0) is 18.1. The van der Waals surface area contributed by atoms with Crippen molar-refractivity contribution in [2.24, 2.45) is 0 Å². The third kappa shape index (κ3) is 3.00. The molecule has 0 aliphatic carbocycles. The maximum atomic E-state index is 12.7. The van der Waals surface area contributed by atoms with Crippen LogP contribution in [0, 0.1) is 0 Å². The van der Waals surface area contributed by atoms with Gasteiger partial charge in [0.05, 0.1) is 11.9 Å². The number of nitrogens with zero attached hydrogens (tertiary/aromatic N) is 2. The van der Waals surface area contributed by atoms with E-state index in [1.165, 1.54) is 6.20 Å². The Bertz CT molecular complexity index is 1110. The lowest BCUT2D eigenvalue weighted by Gasteiger charge is -2.12. The third-order valence-corrected chi connectivity index (χ3v) is 4.89. The number of hydrogen-bond acceptors (Lipinski definition) is 5. The molecular formula is C19H12ClN3O2S. The fourth-order valence-corrected chi connectivity index (χ4v) is 3.54. The van der Waals surface area contributed by atoms with Crippen molar-refractivity contribution in [3.63, 3.8) is 0 Å². The van der Waals surface area contributed by atoms with Crippen LogP contribution in [0.5, 0.6) is 5.75 Å². The number of aromatic nitrogens is 2. The Morgan fingerprint density at radius 3 is 2.42 bits per heavy atom. The SMILES string of the molecule is O=C(Nc1cnc(Cl)s1)c1nc(-c2ccccc2)c2ccccc2c1O. The lowest BCUT2D eigenvalue weighted by Crippen LogP contribution is -2.14. The molecule has 4 aromatic rings. The minimum atomic E-state index is -0.522. The van der Waals surface area contributed by atoms with E-state index in [9.17, 15) is 9.90 Å². The number of rotatable bonds is 3. The highest BCUT2D eigenvalue weighted by Gasteiger charge is 2.20. The summed E-state index contributed by atoms with van der Waals surface area (Å²) in [5.74, 6) is -0.681. The minimum Gasteiger partial charge on any atom is -0.505 e. The quantitative estimate of drug-likeness (QED) is 0.525. The van der Waals surface area contributed by atoms with Crippen molar-refractivity contribution in [1.82, 2.24) is 9.97 Å². The average Bonchev–Trinajstić information content (AvgIpc) is 3.07. The van der Waals surface area contributed by atoms with Crippen molar-refractivity contribution >= 4 is 44.6 Å². The molecule has 0 aliphatic rings. The molecule has 0 radical (unpaired) electrons. The Morgan fingerprint density at radius 2 is 1.73 bits per heavy atom. The minimum absolute atomic E-state index is 0.0490. The number of halogens is 1. The molecule has 0 aliphatic heterocycles. The van der Waals surface area contributed by atoms with Gasteiger partial charge >= 0.3 is 0 Å². The summed E-state index contributed by atoms with van der Waals surface area (Å²) in [6, 6.07) is 16.8. The van der Waals surface area contributed by atoms with Gasteiger partial charge in [0.1, 0.15) is 5.00 Å². The van der Waals surface area contributed by atoms with Gasteiger partial charge in [0.15, 0.2) is 15.9 Å². The highest BCUT2D eigenvalue weighted by atomic mass is 35.5. The molecule has 0 fully saturated rings. The summed E-state index contributed by atoms with van der Waals surface area (Å²) in [6.45, 7) is 0. The summed E-state index contributed by atoms with van der Waals surface area (Å²) in [4.78, 5) is 21.0. The normalized spacial score (nSPS) is 10.8. The summed E-state index contributed by atoms with van der Waals surface area (Å²) in [7, 11) is 0. The van der Waals surface area contributed by atoms with Gasteiger partial charge in [-0.3, -0.25) is 4.79 Å². The van der Waals surface area contributed by atoms with E-state index in [-0.39, 0.29) is 11.4 Å². The summed E-state index contributed by atoms with van der Waals surface area (Å²) in [5, 5.41) is 15.1. The zero-order valence-electron chi connectivity index (χ0n) is 13.3. The number of aromatic hydroxyl groups is 1. The second kappa shape index (κ2) is 6.74. The standard InChI is InChI=1S/C19H12ClN3O2S/c20-19-21-10-14(26-19)22-18(25)16-17(24)13-9-5-4-8-12(13)15(23-16)11-6-2-1-3-7-11/h1-10,24H,(H,22,25). The first-order chi connectivity index (χ1) is 12.6. The molecule has 5 nitrogen and oxygen atoms in total. The average molecular weight is 382 g/mol. The third-order valence-electron chi connectivity index (χ3n) is 3.86. The molecule has 7 heteroatoms. The number of fused-ring (bicyclic) bond motifs is 1. The summed E-state index contributed by atoms with van der Waals surface area (Å²) < 4.78 is 0.320. The molecule has 0 saturated heterocycles. The molecule has 128 valence electrons. The highest BCUT2D eigenvalue weighted by molar-refractivity contribution is 7.19. The van der Waals surface area contributed by atoms with Crippen molar-refractivity contribution in [3.05, 3.63) is 71.0 Å². The van der Waals surface area contributed by atoms with Gasteiger partial charge in [0.25, 0.3) is 5.91 Å².